The average molecular weight is 374 g/mol. The summed E-state index contributed by atoms with van der Waals surface area (Å²) in [5.41, 5.74) is 2.19. The van der Waals surface area contributed by atoms with Gasteiger partial charge < -0.3 is 15.0 Å². The average Bonchev–Trinajstić information content (AvgIpc) is 2.66. The Morgan fingerprint density at radius 2 is 1.74 bits per heavy atom. The smallest absolute Gasteiger partial charge is 0.225 e. The van der Waals surface area contributed by atoms with E-state index < -0.39 is 0 Å². The van der Waals surface area contributed by atoms with Crippen molar-refractivity contribution in [3.05, 3.63) is 29.8 Å². The standard InChI is InChI=1S/C22H35N3O2/c1-4-19-5-7-20(8-6-19)23-22(26)11-14-24-12-9-21(10-13-24)25-15-17(2)27-18(3)16-25/h5-8,17-18,21H,4,9-16H2,1-3H3,(H,23,26)/t17-,18+. The lowest BCUT2D eigenvalue weighted by atomic mass is 10.0. The van der Waals surface area contributed by atoms with Crippen molar-refractivity contribution in [3.8, 4) is 0 Å². The second-order valence-electron chi connectivity index (χ2n) is 8.13. The topological polar surface area (TPSA) is 44.8 Å². The molecule has 0 aromatic heterocycles. The molecule has 1 N–H and O–H groups in total. The molecule has 150 valence electrons. The van der Waals surface area contributed by atoms with E-state index in [0.29, 0.717) is 24.7 Å². The molecule has 0 bridgehead atoms. The third kappa shape index (κ3) is 6.03. The van der Waals surface area contributed by atoms with Crippen LogP contribution in [0.2, 0.25) is 0 Å². The maximum atomic E-state index is 12.2. The number of anilines is 1. The first-order chi connectivity index (χ1) is 13.0. The van der Waals surface area contributed by atoms with Gasteiger partial charge in [-0.1, -0.05) is 19.1 Å². The number of ether oxygens (including phenoxy) is 1. The predicted octanol–water partition coefficient (Wildman–Crippen LogP) is 3.15. The largest absolute Gasteiger partial charge is 0.373 e. The van der Waals surface area contributed by atoms with E-state index >= 15 is 0 Å². The molecule has 1 aromatic rings. The number of nitrogens with zero attached hydrogens (tertiary/aromatic N) is 2. The molecular weight excluding hydrogens is 338 g/mol. The van der Waals surface area contributed by atoms with Crippen LogP contribution in [0.1, 0.15) is 45.6 Å². The summed E-state index contributed by atoms with van der Waals surface area (Å²) >= 11 is 0. The van der Waals surface area contributed by atoms with Crippen LogP contribution in [-0.4, -0.2) is 66.7 Å². The summed E-state index contributed by atoms with van der Waals surface area (Å²) in [6.45, 7) is 11.6. The number of rotatable bonds is 6. The van der Waals surface area contributed by atoms with Crippen molar-refractivity contribution < 1.29 is 9.53 Å². The lowest BCUT2D eigenvalue weighted by Crippen LogP contribution is -2.53. The highest BCUT2D eigenvalue weighted by molar-refractivity contribution is 5.90. The van der Waals surface area contributed by atoms with E-state index in [-0.39, 0.29) is 5.91 Å². The second-order valence-corrected chi connectivity index (χ2v) is 8.13. The van der Waals surface area contributed by atoms with Gasteiger partial charge >= 0.3 is 0 Å². The Kier molecular flexibility index (Phi) is 7.27. The molecule has 0 spiro atoms. The highest BCUT2D eigenvalue weighted by Crippen LogP contribution is 2.21. The van der Waals surface area contributed by atoms with E-state index in [9.17, 15) is 4.79 Å². The van der Waals surface area contributed by atoms with Crippen molar-refractivity contribution in [1.29, 1.82) is 0 Å². The van der Waals surface area contributed by atoms with Crippen LogP contribution in [0.25, 0.3) is 0 Å². The van der Waals surface area contributed by atoms with Gasteiger partial charge in [-0.15, -0.1) is 0 Å². The van der Waals surface area contributed by atoms with Gasteiger partial charge in [0, 0.05) is 37.8 Å². The Morgan fingerprint density at radius 3 is 2.33 bits per heavy atom. The first-order valence-electron chi connectivity index (χ1n) is 10.5. The molecule has 2 aliphatic rings. The van der Waals surface area contributed by atoms with Gasteiger partial charge in [0.1, 0.15) is 0 Å². The number of carbonyl (C=O) groups excluding carboxylic acids is 1. The van der Waals surface area contributed by atoms with Crippen LogP contribution >= 0.6 is 0 Å². The zero-order chi connectivity index (χ0) is 19.2. The summed E-state index contributed by atoms with van der Waals surface area (Å²) in [5, 5.41) is 3.02. The molecule has 5 heteroatoms. The molecule has 2 fully saturated rings. The minimum atomic E-state index is 0.109. The van der Waals surface area contributed by atoms with E-state index in [4.69, 9.17) is 4.74 Å². The Balaban J connectivity index is 1.37. The first-order valence-corrected chi connectivity index (χ1v) is 10.5. The quantitative estimate of drug-likeness (QED) is 0.832. The number of amides is 1. The first kappa shape index (κ1) is 20.3. The number of hydrogen-bond donors (Lipinski definition) is 1. The molecule has 5 nitrogen and oxygen atoms in total. The molecule has 2 saturated heterocycles. The molecule has 0 unspecified atom stereocenters. The summed E-state index contributed by atoms with van der Waals surface area (Å²) < 4.78 is 5.86. The van der Waals surface area contributed by atoms with Gasteiger partial charge in [0.2, 0.25) is 5.91 Å². The maximum absolute atomic E-state index is 12.2. The Morgan fingerprint density at radius 1 is 1.11 bits per heavy atom. The molecule has 0 radical (unpaired) electrons. The fraction of sp³-hybridized carbons (Fsp3) is 0.682. The molecule has 1 amide bonds. The number of nitrogens with one attached hydrogen (secondary N) is 1. The van der Waals surface area contributed by atoms with E-state index in [1.54, 1.807) is 0 Å². The van der Waals surface area contributed by atoms with Gasteiger partial charge in [0.25, 0.3) is 0 Å². The molecule has 27 heavy (non-hydrogen) atoms. The second kappa shape index (κ2) is 9.67. The summed E-state index contributed by atoms with van der Waals surface area (Å²) in [6, 6.07) is 8.81. The van der Waals surface area contributed by atoms with Gasteiger partial charge in [-0.05, 0) is 63.9 Å². The Bertz CT molecular complexity index is 586. The van der Waals surface area contributed by atoms with E-state index in [0.717, 1.165) is 44.8 Å². The van der Waals surface area contributed by atoms with Crippen LogP contribution in [0, 0.1) is 0 Å². The molecule has 0 saturated carbocycles. The monoisotopic (exact) mass is 373 g/mol. The molecular formula is C22H35N3O2. The van der Waals surface area contributed by atoms with Gasteiger partial charge in [-0.3, -0.25) is 9.69 Å². The van der Waals surface area contributed by atoms with Gasteiger partial charge in [-0.25, -0.2) is 0 Å². The van der Waals surface area contributed by atoms with E-state index in [1.807, 2.05) is 12.1 Å². The number of piperidine rings is 1. The molecule has 2 aliphatic heterocycles. The summed E-state index contributed by atoms with van der Waals surface area (Å²) in [6.07, 6.45) is 4.64. The minimum Gasteiger partial charge on any atom is -0.373 e. The van der Waals surface area contributed by atoms with Crippen molar-refractivity contribution >= 4 is 11.6 Å². The van der Waals surface area contributed by atoms with Crippen molar-refractivity contribution in [3.63, 3.8) is 0 Å². The summed E-state index contributed by atoms with van der Waals surface area (Å²) in [7, 11) is 0. The fourth-order valence-electron chi connectivity index (χ4n) is 4.33. The number of carbonyl (C=O) groups is 1. The van der Waals surface area contributed by atoms with E-state index in [2.05, 4.69) is 48.0 Å². The van der Waals surface area contributed by atoms with Crippen LogP contribution in [0.5, 0.6) is 0 Å². The highest BCUT2D eigenvalue weighted by atomic mass is 16.5. The van der Waals surface area contributed by atoms with Crippen molar-refractivity contribution in [2.75, 3.05) is 38.0 Å². The summed E-state index contributed by atoms with van der Waals surface area (Å²) in [5.74, 6) is 0.109. The van der Waals surface area contributed by atoms with E-state index in [1.165, 1.54) is 18.4 Å². The van der Waals surface area contributed by atoms with Crippen LogP contribution in [-0.2, 0) is 16.0 Å². The SMILES string of the molecule is CCc1ccc(NC(=O)CCN2CCC(N3C[C@@H](C)O[C@@H](C)C3)CC2)cc1. The lowest BCUT2D eigenvalue weighted by molar-refractivity contribution is -0.116. The third-order valence-corrected chi connectivity index (χ3v) is 5.82. The molecule has 3 rings (SSSR count). The maximum Gasteiger partial charge on any atom is 0.225 e. The van der Waals surface area contributed by atoms with Crippen molar-refractivity contribution in [2.24, 2.45) is 0 Å². The number of likely N-dealkylation sites (tertiary alicyclic amines) is 1. The molecule has 1 aromatic carbocycles. The Hall–Kier alpha value is -1.43. The van der Waals surface area contributed by atoms with Crippen LogP contribution in [0.15, 0.2) is 24.3 Å². The molecule has 2 heterocycles. The Labute approximate surface area is 164 Å². The zero-order valence-electron chi connectivity index (χ0n) is 17.1. The fourth-order valence-corrected chi connectivity index (χ4v) is 4.33. The summed E-state index contributed by atoms with van der Waals surface area (Å²) in [4.78, 5) is 17.3. The molecule has 2 atom stereocenters. The number of morpholine rings is 1. The number of aryl methyl sites for hydroxylation is 1. The number of benzene rings is 1. The van der Waals surface area contributed by atoms with Gasteiger partial charge in [-0.2, -0.15) is 0 Å². The van der Waals surface area contributed by atoms with Crippen molar-refractivity contribution in [1.82, 2.24) is 9.80 Å². The normalized spacial score (nSPS) is 25.4. The van der Waals surface area contributed by atoms with Crippen LogP contribution < -0.4 is 5.32 Å². The number of hydrogen-bond acceptors (Lipinski definition) is 4. The lowest BCUT2D eigenvalue weighted by Gasteiger charge is -2.43. The van der Waals surface area contributed by atoms with Crippen molar-refractivity contribution in [2.45, 2.75) is 64.7 Å². The third-order valence-electron chi connectivity index (χ3n) is 5.82. The van der Waals surface area contributed by atoms with Crippen LogP contribution in [0.4, 0.5) is 5.69 Å². The van der Waals surface area contributed by atoms with Gasteiger partial charge in [0.15, 0.2) is 0 Å². The van der Waals surface area contributed by atoms with Crippen LogP contribution in [0.3, 0.4) is 0 Å². The predicted molar refractivity (Wildman–Crippen MR) is 110 cm³/mol. The minimum absolute atomic E-state index is 0.109. The highest BCUT2D eigenvalue weighted by Gasteiger charge is 2.30. The molecule has 0 aliphatic carbocycles. The zero-order valence-corrected chi connectivity index (χ0v) is 17.1. The van der Waals surface area contributed by atoms with Gasteiger partial charge in [0.05, 0.1) is 12.2 Å².